The van der Waals surface area contributed by atoms with E-state index in [0.29, 0.717) is 0 Å². The summed E-state index contributed by atoms with van der Waals surface area (Å²) in [5.74, 6) is 0.757. The SMILES string of the molecule is CCCOC1(c2ccccc2)CCN(CCCCl)CC1. The Morgan fingerprint density at radius 1 is 1.20 bits per heavy atom. The van der Waals surface area contributed by atoms with Crippen LogP contribution in [0, 0.1) is 0 Å². The first-order chi connectivity index (χ1) is 9.80. The summed E-state index contributed by atoms with van der Waals surface area (Å²) in [6, 6.07) is 10.7. The first kappa shape index (κ1) is 15.8. The third-order valence-electron chi connectivity index (χ3n) is 4.15. The van der Waals surface area contributed by atoms with Crippen molar-refractivity contribution in [1.82, 2.24) is 4.90 Å². The molecule has 0 bridgehead atoms. The summed E-state index contributed by atoms with van der Waals surface area (Å²) in [7, 11) is 0. The predicted octanol–water partition coefficient (Wildman–Crippen LogP) is 4.03. The van der Waals surface area contributed by atoms with Gasteiger partial charge in [0.05, 0.1) is 5.60 Å². The molecule has 2 nitrogen and oxygen atoms in total. The number of hydrogen-bond acceptors (Lipinski definition) is 2. The molecule has 0 saturated carbocycles. The second-order valence-corrected chi connectivity index (χ2v) is 5.97. The van der Waals surface area contributed by atoms with Crippen molar-refractivity contribution in [2.75, 3.05) is 32.1 Å². The fourth-order valence-electron chi connectivity index (χ4n) is 2.98. The van der Waals surface area contributed by atoms with E-state index in [1.165, 1.54) is 5.56 Å². The Balaban J connectivity index is 2.03. The van der Waals surface area contributed by atoms with Crippen LogP contribution in [0.1, 0.15) is 38.2 Å². The highest BCUT2D eigenvalue weighted by atomic mass is 35.5. The number of benzene rings is 1. The van der Waals surface area contributed by atoms with Gasteiger partial charge in [-0.1, -0.05) is 37.3 Å². The van der Waals surface area contributed by atoms with Crippen LogP contribution in [0.25, 0.3) is 0 Å². The molecule has 0 N–H and O–H groups in total. The fourth-order valence-corrected chi connectivity index (χ4v) is 3.10. The summed E-state index contributed by atoms with van der Waals surface area (Å²) in [5.41, 5.74) is 1.26. The molecular formula is C17H26ClNO. The first-order valence-corrected chi connectivity index (χ1v) is 8.32. The lowest BCUT2D eigenvalue weighted by Crippen LogP contribution is -2.44. The van der Waals surface area contributed by atoms with Crippen LogP contribution >= 0.6 is 11.6 Å². The van der Waals surface area contributed by atoms with Crippen LogP contribution in [0.5, 0.6) is 0 Å². The van der Waals surface area contributed by atoms with Crippen LogP contribution < -0.4 is 0 Å². The van der Waals surface area contributed by atoms with Crippen LogP contribution in [-0.4, -0.2) is 37.0 Å². The Morgan fingerprint density at radius 2 is 1.90 bits per heavy atom. The normalized spacial score (nSPS) is 19.1. The van der Waals surface area contributed by atoms with Crippen molar-refractivity contribution < 1.29 is 4.74 Å². The van der Waals surface area contributed by atoms with Crippen LogP contribution in [0.2, 0.25) is 0 Å². The average molecular weight is 296 g/mol. The van der Waals surface area contributed by atoms with Crippen molar-refractivity contribution in [3.05, 3.63) is 35.9 Å². The Morgan fingerprint density at radius 3 is 2.50 bits per heavy atom. The van der Waals surface area contributed by atoms with E-state index in [1.807, 2.05) is 0 Å². The largest absolute Gasteiger partial charge is 0.370 e. The van der Waals surface area contributed by atoms with E-state index in [-0.39, 0.29) is 5.60 Å². The molecule has 1 aliphatic rings. The van der Waals surface area contributed by atoms with Gasteiger partial charge in [-0.05, 0) is 37.8 Å². The van der Waals surface area contributed by atoms with Gasteiger partial charge in [-0.15, -0.1) is 11.6 Å². The Bertz CT molecular complexity index is 374. The van der Waals surface area contributed by atoms with Gasteiger partial charge in [-0.25, -0.2) is 0 Å². The van der Waals surface area contributed by atoms with Crippen LogP contribution in [0.3, 0.4) is 0 Å². The predicted molar refractivity (Wildman–Crippen MR) is 85.4 cm³/mol. The van der Waals surface area contributed by atoms with Gasteiger partial charge in [0, 0.05) is 25.6 Å². The zero-order valence-electron chi connectivity index (χ0n) is 12.5. The van der Waals surface area contributed by atoms with Gasteiger partial charge >= 0.3 is 0 Å². The van der Waals surface area contributed by atoms with E-state index < -0.39 is 0 Å². The second kappa shape index (κ2) is 8.02. The second-order valence-electron chi connectivity index (χ2n) is 5.59. The van der Waals surface area contributed by atoms with Crippen LogP contribution in [-0.2, 0) is 10.3 Å². The van der Waals surface area contributed by atoms with Gasteiger partial charge in [0.2, 0.25) is 0 Å². The molecule has 3 heteroatoms. The van der Waals surface area contributed by atoms with E-state index in [4.69, 9.17) is 16.3 Å². The minimum absolute atomic E-state index is 0.0747. The number of halogens is 1. The van der Waals surface area contributed by atoms with Gasteiger partial charge in [0.1, 0.15) is 0 Å². The number of rotatable bonds is 7. The van der Waals surface area contributed by atoms with Gasteiger partial charge in [0.25, 0.3) is 0 Å². The number of piperidine rings is 1. The molecule has 1 fully saturated rings. The van der Waals surface area contributed by atoms with Gasteiger partial charge in [0.15, 0.2) is 0 Å². The lowest BCUT2D eigenvalue weighted by Gasteiger charge is -2.42. The zero-order valence-corrected chi connectivity index (χ0v) is 13.2. The van der Waals surface area contributed by atoms with Gasteiger partial charge in [-0.3, -0.25) is 0 Å². The highest BCUT2D eigenvalue weighted by molar-refractivity contribution is 6.17. The highest BCUT2D eigenvalue weighted by Gasteiger charge is 2.36. The molecule has 112 valence electrons. The summed E-state index contributed by atoms with van der Waals surface area (Å²) in [5, 5.41) is 0. The number of alkyl halides is 1. The molecular weight excluding hydrogens is 270 g/mol. The van der Waals surface area contributed by atoms with Crippen molar-refractivity contribution in [2.45, 2.75) is 38.2 Å². The molecule has 1 aromatic carbocycles. The molecule has 2 rings (SSSR count). The number of nitrogens with zero attached hydrogens (tertiary/aromatic N) is 1. The summed E-state index contributed by atoms with van der Waals surface area (Å²) in [6.07, 6.45) is 4.32. The molecule has 1 saturated heterocycles. The molecule has 0 unspecified atom stereocenters. The molecule has 1 aliphatic heterocycles. The molecule has 0 spiro atoms. The maximum atomic E-state index is 6.31. The van der Waals surface area contributed by atoms with Crippen molar-refractivity contribution in [3.8, 4) is 0 Å². The number of ether oxygens (including phenoxy) is 1. The van der Waals surface area contributed by atoms with Crippen LogP contribution in [0.15, 0.2) is 30.3 Å². The Hall–Kier alpha value is -0.570. The maximum absolute atomic E-state index is 6.31. The molecule has 20 heavy (non-hydrogen) atoms. The van der Waals surface area contributed by atoms with Crippen molar-refractivity contribution in [1.29, 1.82) is 0 Å². The van der Waals surface area contributed by atoms with Crippen molar-refractivity contribution in [3.63, 3.8) is 0 Å². The lowest BCUT2D eigenvalue weighted by atomic mass is 9.84. The topological polar surface area (TPSA) is 12.5 Å². The molecule has 0 atom stereocenters. The quantitative estimate of drug-likeness (QED) is 0.704. The van der Waals surface area contributed by atoms with Crippen molar-refractivity contribution in [2.24, 2.45) is 0 Å². The highest BCUT2D eigenvalue weighted by Crippen LogP contribution is 2.36. The summed E-state index contributed by atoms with van der Waals surface area (Å²) in [6.45, 7) is 6.35. The number of hydrogen-bond donors (Lipinski definition) is 0. The molecule has 0 amide bonds. The zero-order chi connectivity index (χ0) is 14.3. The molecule has 1 heterocycles. The van der Waals surface area contributed by atoms with E-state index in [0.717, 1.165) is 57.8 Å². The summed E-state index contributed by atoms with van der Waals surface area (Å²) < 4.78 is 6.31. The molecule has 1 aromatic rings. The van der Waals surface area contributed by atoms with Crippen LogP contribution in [0.4, 0.5) is 0 Å². The molecule has 0 aromatic heterocycles. The van der Waals surface area contributed by atoms with Gasteiger partial charge in [-0.2, -0.15) is 0 Å². The van der Waals surface area contributed by atoms with E-state index in [1.54, 1.807) is 0 Å². The summed E-state index contributed by atoms with van der Waals surface area (Å²) in [4.78, 5) is 2.51. The minimum atomic E-state index is -0.0747. The molecule has 0 aliphatic carbocycles. The average Bonchev–Trinajstić information content (AvgIpc) is 2.53. The van der Waals surface area contributed by atoms with E-state index >= 15 is 0 Å². The number of likely N-dealkylation sites (tertiary alicyclic amines) is 1. The monoisotopic (exact) mass is 295 g/mol. The summed E-state index contributed by atoms with van der Waals surface area (Å²) >= 11 is 5.79. The smallest absolute Gasteiger partial charge is 0.0955 e. The third-order valence-corrected chi connectivity index (χ3v) is 4.42. The first-order valence-electron chi connectivity index (χ1n) is 7.78. The fraction of sp³-hybridized carbons (Fsp3) is 0.647. The standard InChI is InChI=1S/C17H26ClNO/c1-2-15-20-17(16-7-4-3-5-8-16)9-13-19(14-10-17)12-6-11-18/h3-5,7-8H,2,6,9-15H2,1H3. The maximum Gasteiger partial charge on any atom is 0.0955 e. The minimum Gasteiger partial charge on any atom is -0.370 e. The Kier molecular flexibility index (Phi) is 6.34. The third kappa shape index (κ3) is 3.97. The Labute approximate surface area is 128 Å². The lowest BCUT2D eigenvalue weighted by molar-refractivity contribution is -0.0896. The van der Waals surface area contributed by atoms with Gasteiger partial charge < -0.3 is 9.64 Å². The molecule has 0 radical (unpaired) electrons. The van der Waals surface area contributed by atoms with E-state index in [2.05, 4.69) is 42.2 Å². The van der Waals surface area contributed by atoms with E-state index in [9.17, 15) is 0 Å². The van der Waals surface area contributed by atoms with Crippen molar-refractivity contribution >= 4 is 11.6 Å².